The Labute approximate surface area is 166 Å². The first kappa shape index (κ1) is 18.8. The van der Waals surface area contributed by atoms with Crippen LogP contribution < -0.4 is 5.32 Å². The smallest absolute Gasteiger partial charge is 0.255 e. The average Bonchev–Trinajstić information content (AvgIpc) is 3.06. The molecule has 0 saturated heterocycles. The minimum Gasteiger partial charge on any atom is -0.322 e. The van der Waals surface area contributed by atoms with Crippen molar-refractivity contribution in [1.82, 2.24) is 4.90 Å². The van der Waals surface area contributed by atoms with E-state index in [-0.39, 0.29) is 24.6 Å². The first-order valence-corrected chi connectivity index (χ1v) is 9.21. The second kappa shape index (κ2) is 7.83. The highest BCUT2D eigenvalue weighted by Crippen LogP contribution is 2.27. The van der Waals surface area contributed by atoms with E-state index in [0.29, 0.717) is 5.56 Å². The molecule has 146 valence electrons. The van der Waals surface area contributed by atoms with Gasteiger partial charge in [-0.15, -0.1) is 0 Å². The number of amides is 2. The molecule has 1 heterocycles. The van der Waals surface area contributed by atoms with Gasteiger partial charge in [-0.2, -0.15) is 0 Å². The van der Waals surface area contributed by atoms with Gasteiger partial charge in [-0.3, -0.25) is 9.59 Å². The minimum absolute atomic E-state index is 0.253. The number of halogens is 2. The Kier molecular flexibility index (Phi) is 5.08. The molecule has 3 aromatic carbocycles. The van der Waals surface area contributed by atoms with E-state index in [1.165, 1.54) is 4.90 Å². The number of benzene rings is 3. The molecule has 1 N–H and O–H groups in total. The maximum atomic E-state index is 14.0. The summed E-state index contributed by atoms with van der Waals surface area (Å²) in [5.41, 5.74) is 1.99. The minimum atomic E-state index is -0.875. The molecule has 0 aliphatic carbocycles. The number of carbonyl (C=O) groups is 2. The van der Waals surface area contributed by atoms with Gasteiger partial charge in [0, 0.05) is 24.6 Å². The maximum absolute atomic E-state index is 14.0. The summed E-state index contributed by atoms with van der Waals surface area (Å²) in [6.45, 7) is 0.283. The predicted octanol–water partition coefficient (Wildman–Crippen LogP) is 4.17. The Balaban J connectivity index is 1.65. The van der Waals surface area contributed by atoms with Crippen LogP contribution >= 0.6 is 0 Å². The summed E-state index contributed by atoms with van der Waals surface area (Å²) in [6.07, 6.45) is 0.253. The lowest BCUT2D eigenvalue weighted by molar-refractivity contribution is -0.120. The summed E-state index contributed by atoms with van der Waals surface area (Å²) >= 11 is 0. The van der Waals surface area contributed by atoms with Gasteiger partial charge in [-0.1, -0.05) is 48.5 Å². The molecule has 4 nitrogen and oxygen atoms in total. The van der Waals surface area contributed by atoms with E-state index in [4.69, 9.17) is 0 Å². The monoisotopic (exact) mass is 392 g/mol. The summed E-state index contributed by atoms with van der Waals surface area (Å²) in [6, 6.07) is 18.4. The zero-order valence-electron chi connectivity index (χ0n) is 15.4. The van der Waals surface area contributed by atoms with E-state index in [1.54, 1.807) is 12.1 Å². The summed E-state index contributed by atoms with van der Waals surface area (Å²) in [5, 5.41) is 2.45. The third-order valence-corrected chi connectivity index (χ3v) is 4.99. The molecule has 0 spiro atoms. The SMILES string of the molecule is O=C(Nc1cc(F)ccc1F)C(Cc1ccccc1)N1Cc2ccccc2C1=O. The summed E-state index contributed by atoms with van der Waals surface area (Å²) in [5.74, 6) is -2.23. The highest BCUT2D eigenvalue weighted by Gasteiger charge is 2.36. The number of carbonyl (C=O) groups excluding carboxylic acids is 2. The average molecular weight is 392 g/mol. The van der Waals surface area contributed by atoms with Gasteiger partial charge in [0.25, 0.3) is 5.91 Å². The second-order valence-corrected chi connectivity index (χ2v) is 6.91. The van der Waals surface area contributed by atoms with Crippen molar-refractivity contribution < 1.29 is 18.4 Å². The Morgan fingerprint density at radius 2 is 1.72 bits per heavy atom. The quantitative estimate of drug-likeness (QED) is 0.709. The van der Waals surface area contributed by atoms with Crippen molar-refractivity contribution >= 4 is 17.5 Å². The van der Waals surface area contributed by atoms with Crippen LogP contribution in [0.15, 0.2) is 72.8 Å². The van der Waals surface area contributed by atoms with Gasteiger partial charge in [0.1, 0.15) is 17.7 Å². The van der Waals surface area contributed by atoms with Crippen LogP contribution in [-0.4, -0.2) is 22.8 Å². The molecule has 1 atom stereocenters. The number of nitrogens with zero attached hydrogens (tertiary/aromatic N) is 1. The van der Waals surface area contributed by atoms with Crippen LogP contribution in [0.25, 0.3) is 0 Å². The van der Waals surface area contributed by atoms with Crippen molar-refractivity contribution in [2.45, 2.75) is 19.0 Å². The molecular formula is C23H18F2N2O2. The zero-order chi connectivity index (χ0) is 20.4. The molecule has 0 saturated carbocycles. The van der Waals surface area contributed by atoms with E-state index in [1.807, 2.05) is 42.5 Å². The fourth-order valence-electron chi connectivity index (χ4n) is 3.52. The Morgan fingerprint density at radius 3 is 2.48 bits per heavy atom. The van der Waals surface area contributed by atoms with E-state index in [2.05, 4.69) is 5.32 Å². The number of fused-ring (bicyclic) bond motifs is 1. The molecular weight excluding hydrogens is 374 g/mol. The van der Waals surface area contributed by atoms with Crippen LogP contribution in [0.3, 0.4) is 0 Å². The standard InChI is InChI=1S/C23H18F2N2O2/c24-17-10-11-19(25)20(13-17)26-22(28)21(12-15-6-2-1-3-7-15)27-14-16-8-4-5-9-18(16)23(27)29/h1-11,13,21H,12,14H2,(H,26,28). The largest absolute Gasteiger partial charge is 0.322 e. The van der Waals surface area contributed by atoms with Crippen LogP contribution in [0, 0.1) is 11.6 Å². The van der Waals surface area contributed by atoms with Crippen molar-refractivity contribution in [1.29, 1.82) is 0 Å². The first-order chi connectivity index (χ1) is 14.0. The molecule has 3 aromatic rings. The second-order valence-electron chi connectivity index (χ2n) is 6.91. The molecule has 1 aliphatic heterocycles. The van der Waals surface area contributed by atoms with Crippen molar-refractivity contribution in [3.63, 3.8) is 0 Å². The van der Waals surface area contributed by atoms with Gasteiger partial charge in [-0.25, -0.2) is 8.78 Å². The first-order valence-electron chi connectivity index (χ1n) is 9.21. The molecule has 0 fully saturated rings. The van der Waals surface area contributed by atoms with Crippen LogP contribution in [0.5, 0.6) is 0 Å². The Bertz CT molecular complexity index is 1070. The third kappa shape index (κ3) is 3.87. The molecule has 2 amide bonds. The van der Waals surface area contributed by atoms with Crippen LogP contribution in [0.4, 0.5) is 14.5 Å². The van der Waals surface area contributed by atoms with E-state index >= 15 is 0 Å². The van der Waals surface area contributed by atoms with Crippen LogP contribution in [0.2, 0.25) is 0 Å². The van der Waals surface area contributed by atoms with Crippen molar-refractivity contribution in [2.75, 3.05) is 5.32 Å². The van der Waals surface area contributed by atoms with Crippen molar-refractivity contribution in [3.8, 4) is 0 Å². The predicted molar refractivity (Wildman–Crippen MR) is 105 cm³/mol. The fraction of sp³-hybridized carbons (Fsp3) is 0.130. The number of hydrogen-bond donors (Lipinski definition) is 1. The fourth-order valence-corrected chi connectivity index (χ4v) is 3.52. The van der Waals surface area contributed by atoms with Crippen molar-refractivity contribution in [3.05, 3.63) is 101 Å². The normalized spacial score (nSPS) is 13.9. The van der Waals surface area contributed by atoms with Gasteiger partial charge >= 0.3 is 0 Å². The summed E-state index contributed by atoms with van der Waals surface area (Å²) < 4.78 is 27.5. The lowest BCUT2D eigenvalue weighted by Crippen LogP contribution is -2.45. The number of nitrogens with one attached hydrogen (secondary N) is 1. The van der Waals surface area contributed by atoms with Gasteiger partial charge < -0.3 is 10.2 Å². The molecule has 6 heteroatoms. The molecule has 1 unspecified atom stereocenters. The van der Waals surface area contributed by atoms with E-state index in [0.717, 1.165) is 29.3 Å². The highest BCUT2D eigenvalue weighted by atomic mass is 19.1. The van der Waals surface area contributed by atoms with Gasteiger partial charge in [0.15, 0.2) is 0 Å². The topological polar surface area (TPSA) is 49.4 Å². The number of hydrogen-bond acceptors (Lipinski definition) is 2. The third-order valence-electron chi connectivity index (χ3n) is 4.99. The van der Waals surface area contributed by atoms with Gasteiger partial charge in [0.05, 0.1) is 5.69 Å². The lowest BCUT2D eigenvalue weighted by Gasteiger charge is -2.27. The maximum Gasteiger partial charge on any atom is 0.255 e. The highest BCUT2D eigenvalue weighted by molar-refractivity contribution is 6.03. The van der Waals surface area contributed by atoms with Crippen LogP contribution in [-0.2, 0) is 17.8 Å². The number of rotatable bonds is 5. The molecule has 4 rings (SSSR count). The Hall–Kier alpha value is -3.54. The Morgan fingerprint density at radius 1 is 1.00 bits per heavy atom. The van der Waals surface area contributed by atoms with Gasteiger partial charge in [-0.05, 0) is 29.3 Å². The van der Waals surface area contributed by atoms with Gasteiger partial charge in [0.2, 0.25) is 5.91 Å². The molecule has 0 radical (unpaired) electrons. The lowest BCUT2D eigenvalue weighted by atomic mass is 10.0. The van der Waals surface area contributed by atoms with Crippen LogP contribution in [0.1, 0.15) is 21.5 Å². The number of anilines is 1. The molecule has 1 aliphatic rings. The molecule has 0 aromatic heterocycles. The summed E-state index contributed by atoms with van der Waals surface area (Å²) in [7, 11) is 0. The molecule has 29 heavy (non-hydrogen) atoms. The van der Waals surface area contributed by atoms with Crippen molar-refractivity contribution in [2.24, 2.45) is 0 Å². The molecule has 0 bridgehead atoms. The van der Waals surface area contributed by atoms with E-state index < -0.39 is 23.6 Å². The zero-order valence-corrected chi connectivity index (χ0v) is 15.4. The summed E-state index contributed by atoms with van der Waals surface area (Å²) in [4.78, 5) is 27.5. The van der Waals surface area contributed by atoms with E-state index in [9.17, 15) is 18.4 Å².